The summed E-state index contributed by atoms with van der Waals surface area (Å²) in [6.45, 7) is 3.29. The monoisotopic (exact) mass is 182 g/mol. The maximum Gasteiger partial charge on any atom is 0.0861 e. The van der Waals surface area contributed by atoms with Crippen molar-refractivity contribution in [3.05, 3.63) is 11.6 Å². The standard InChI is InChI=1S/C6H11ClO2S/c1-5(7)3-10-4-6(9)2-8/h6,8-9H,1-4H2. The summed E-state index contributed by atoms with van der Waals surface area (Å²) in [7, 11) is 0. The molecule has 0 aliphatic heterocycles. The van der Waals surface area contributed by atoms with E-state index in [0.29, 0.717) is 16.5 Å². The normalized spacial score (nSPS) is 13.1. The van der Waals surface area contributed by atoms with Crippen LogP contribution in [0.3, 0.4) is 0 Å². The number of aliphatic hydroxyl groups excluding tert-OH is 2. The van der Waals surface area contributed by atoms with E-state index < -0.39 is 6.10 Å². The number of halogens is 1. The molecular formula is C6H11ClO2S. The van der Waals surface area contributed by atoms with Gasteiger partial charge < -0.3 is 10.2 Å². The van der Waals surface area contributed by atoms with Gasteiger partial charge in [-0.2, -0.15) is 11.8 Å². The van der Waals surface area contributed by atoms with Crippen LogP contribution in [0, 0.1) is 0 Å². The molecule has 2 N–H and O–H groups in total. The Morgan fingerprint density at radius 3 is 2.70 bits per heavy atom. The molecule has 0 aliphatic carbocycles. The average Bonchev–Trinajstić information content (AvgIpc) is 1.87. The number of hydrogen-bond acceptors (Lipinski definition) is 3. The molecule has 0 amide bonds. The predicted octanol–water partition coefficient (Wildman–Crippen LogP) is 0.825. The van der Waals surface area contributed by atoms with Crippen LogP contribution in [0.5, 0.6) is 0 Å². The van der Waals surface area contributed by atoms with Crippen LogP contribution in [0.1, 0.15) is 0 Å². The van der Waals surface area contributed by atoms with E-state index >= 15 is 0 Å². The fraction of sp³-hybridized carbons (Fsp3) is 0.667. The Labute approximate surface area is 69.9 Å². The molecule has 0 aromatic rings. The maximum absolute atomic E-state index is 8.83. The first-order chi connectivity index (χ1) is 4.66. The zero-order valence-corrected chi connectivity index (χ0v) is 7.16. The minimum atomic E-state index is -0.638. The first-order valence-electron chi connectivity index (χ1n) is 2.86. The molecule has 0 aromatic carbocycles. The highest BCUT2D eigenvalue weighted by molar-refractivity contribution is 7.99. The highest BCUT2D eigenvalue weighted by Crippen LogP contribution is 2.10. The Morgan fingerprint density at radius 2 is 2.30 bits per heavy atom. The third kappa shape index (κ3) is 6.42. The van der Waals surface area contributed by atoms with Crippen molar-refractivity contribution < 1.29 is 10.2 Å². The molecule has 1 atom stereocenters. The lowest BCUT2D eigenvalue weighted by atomic mass is 10.4. The molecule has 0 saturated heterocycles. The van der Waals surface area contributed by atoms with E-state index in [9.17, 15) is 0 Å². The number of hydrogen-bond donors (Lipinski definition) is 2. The molecule has 0 rings (SSSR count). The third-order valence-corrected chi connectivity index (χ3v) is 2.24. The van der Waals surface area contributed by atoms with E-state index in [0.717, 1.165) is 0 Å². The van der Waals surface area contributed by atoms with Crippen molar-refractivity contribution in [2.24, 2.45) is 0 Å². The second-order valence-corrected chi connectivity index (χ2v) is 3.43. The second-order valence-electron chi connectivity index (χ2n) is 1.87. The van der Waals surface area contributed by atoms with Gasteiger partial charge in [0.2, 0.25) is 0 Å². The van der Waals surface area contributed by atoms with E-state index in [1.165, 1.54) is 11.8 Å². The molecule has 60 valence electrons. The van der Waals surface area contributed by atoms with Crippen molar-refractivity contribution >= 4 is 23.4 Å². The van der Waals surface area contributed by atoms with Gasteiger partial charge in [0.1, 0.15) is 0 Å². The van der Waals surface area contributed by atoms with Crippen molar-refractivity contribution in [2.45, 2.75) is 6.10 Å². The molecule has 0 spiro atoms. The molecule has 4 heteroatoms. The van der Waals surface area contributed by atoms with Gasteiger partial charge in [-0.25, -0.2) is 0 Å². The lowest BCUT2D eigenvalue weighted by Gasteiger charge is -2.04. The van der Waals surface area contributed by atoms with Crippen LogP contribution < -0.4 is 0 Å². The van der Waals surface area contributed by atoms with Crippen molar-refractivity contribution in [3.8, 4) is 0 Å². The number of rotatable bonds is 5. The zero-order valence-electron chi connectivity index (χ0n) is 5.59. The third-order valence-electron chi connectivity index (χ3n) is 0.780. The van der Waals surface area contributed by atoms with Crippen LogP contribution in [-0.2, 0) is 0 Å². The second kappa shape index (κ2) is 6.04. The van der Waals surface area contributed by atoms with Crippen molar-refractivity contribution in [3.63, 3.8) is 0 Å². The average molecular weight is 183 g/mol. The minimum absolute atomic E-state index is 0.193. The molecule has 10 heavy (non-hydrogen) atoms. The number of thioether (sulfide) groups is 1. The van der Waals surface area contributed by atoms with Crippen molar-refractivity contribution in [1.29, 1.82) is 0 Å². The predicted molar refractivity (Wildman–Crippen MR) is 45.4 cm³/mol. The molecule has 0 fully saturated rings. The van der Waals surface area contributed by atoms with Crippen LogP contribution in [0.15, 0.2) is 11.6 Å². The molecule has 0 saturated carbocycles. The van der Waals surface area contributed by atoms with Crippen LogP contribution in [-0.4, -0.2) is 34.4 Å². The lowest BCUT2D eigenvalue weighted by Crippen LogP contribution is -2.14. The SMILES string of the molecule is C=C(Cl)CSCC(O)CO. The van der Waals surface area contributed by atoms with Crippen molar-refractivity contribution in [1.82, 2.24) is 0 Å². The first kappa shape index (κ1) is 10.3. The molecule has 0 aromatic heterocycles. The molecule has 0 aliphatic rings. The van der Waals surface area contributed by atoms with Gasteiger partial charge in [0.25, 0.3) is 0 Å². The summed E-state index contributed by atoms with van der Waals surface area (Å²) >= 11 is 6.90. The van der Waals surface area contributed by atoms with E-state index in [2.05, 4.69) is 6.58 Å². The molecule has 1 unspecified atom stereocenters. The fourth-order valence-electron chi connectivity index (χ4n) is 0.358. The Balaban J connectivity index is 3.11. The Kier molecular flexibility index (Phi) is 6.22. The summed E-state index contributed by atoms with van der Waals surface area (Å²) in [5.74, 6) is 1.13. The van der Waals surface area contributed by atoms with Gasteiger partial charge in [-0.15, -0.1) is 0 Å². The van der Waals surface area contributed by atoms with Crippen LogP contribution >= 0.6 is 23.4 Å². The Bertz CT molecular complexity index is 108. The van der Waals surface area contributed by atoms with Crippen LogP contribution in [0.25, 0.3) is 0 Å². The summed E-state index contributed by atoms with van der Waals surface area (Å²) in [6.07, 6.45) is -0.638. The highest BCUT2D eigenvalue weighted by atomic mass is 35.5. The van der Waals surface area contributed by atoms with Gasteiger partial charge >= 0.3 is 0 Å². The van der Waals surface area contributed by atoms with Crippen LogP contribution in [0.4, 0.5) is 0 Å². The highest BCUT2D eigenvalue weighted by Gasteiger charge is 2.00. The summed E-state index contributed by atoms with van der Waals surface area (Å²) in [5.41, 5.74) is 0. The molecule has 0 bridgehead atoms. The Morgan fingerprint density at radius 1 is 1.70 bits per heavy atom. The van der Waals surface area contributed by atoms with Crippen molar-refractivity contribution in [2.75, 3.05) is 18.1 Å². The largest absolute Gasteiger partial charge is 0.394 e. The van der Waals surface area contributed by atoms with E-state index in [1.807, 2.05) is 0 Å². The van der Waals surface area contributed by atoms with Gasteiger partial charge in [0.05, 0.1) is 12.7 Å². The summed E-state index contributed by atoms with van der Waals surface area (Å²) in [6, 6.07) is 0. The minimum Gasteiger partial charge on any atom is -0.394 e. The molecule has 0 radical (unpaired) electrons. The van der Waals surface area contributed by atoms with Gasteiger partial charge in [-0.3, -0.25) is 0 Å². The summed E-state index contributed by atoms with van der Waals surface area (Å²) in [4.78, 5) is 0. The van der Waals surface area contributed by atoms with Gasteiger partial charge in [-0.05, 0) is 0 Å². The quantitative estimate of drug-likeness (QED) is 0.662. The molecule has 0 heterocycles. The van der Waals surface area contributed by atoms with E-state index in [-0.39, 0.29) is 6.61 Å². The van der Waals surface area contributed by atoms with Gasteiger partial charge in [0.15, 0.2) is 0 Å². The summed E-state index contributed by atoms with van der Waals surface area (Å²) < 4.78 is 0. The molecule has 2 nitrogen and oxygen atoms in total. The summed E-state index contributed by atoms with van der Waals surface area (Å²) in [5, 5.41) is 17.8. The topological polar surface area (TPSA) is 40.5 Å². The van der Waals surface area contributed by atoms with Crippen LogP contribution in [0.2, 0.25) is 0 Å². The van der Waals surface area contributed by atoms with E-state index in [4.69, 9.17) is 21.8 Å². The maximum atomic E-state index is 8.83. The lowest BCUT2D eigenvalue weighted by molar-refractivity contribution is 0.113. The van der Waals surface area contributed by atoms with Gasteiger partial charge in [-0.1, -0.05) is 18.2 Å². The Hall–Kier alpha value is 0.300. The van der Waals surface area contributed by atoms with Gasteiger partial charge in [0, 0.05) is 16.5 Å². The fourth-order valence-corrected chi connectivity index (χ4v) is 1.31. The zero-order chi connectivity index (χ0) is 7.98. The van der Waals surface area contributed by atoms with E-state index in [1.54, 1.807) is 0 Å². The smallest absolute Gasteiger partial charge is 0.0861 e. The number of aliphatic hydroxyl groups is 2. The first-order valence-corrected chi connectivity index (χ1v) is 4.40. The molecular weight excluding hydrogens is 172 g/mol.